The molecule has 0 unspecified atom stereocenters. The fourth-order valence-corrected chi connectivity index (χ4v) is 2.58. The molecule has 1 aromatic carbocycles. The second-order valence-electron chi connectivity index (χ2n) is 5.02. The zero-order valence-electron chi connectivity index (χ0n) is 12.5. The molecule has 1 aromatic heterocycles. The summed E-state index contributed by atoms with van der Waals surface area (Å²) in [4.78, 5) is 29.2. The van der Waals surface area contributed by atoms with Crippen molar-refractivity contribution in [1.29, 1.82) is 0 Å². The zero-order chi connectivity index (χ0) is 16.6. The number of Topliss-reactive ketones (excluding diaryl/α,β-unsaturated/α-hetero) is 2. The third-order valence-electron chi connectivity index (χ3n) is 3.51. The average Bonchev–Trinajstić information content (AvgIpc) is 2.57. The van der Waals surface area contributed by atoms with Gasteiger partial charge in [-0.25, -0.2) is 4.98 Å². The Morgan fingerprint density at radius 2 is 1.83 bits per heavy atom. The van der Waals surface area contributed by atoms with Crippen molar-refractivity contribution >= 4 is 28.9 Å². The number of rotatable bonds is 3. The predicted molar refractivity (Wildman–Crippen MR) is 87.1 cm³/mol. The number of methoxy groups -OCH3 is 1. The summed E-state index contributed by atoms with van der Waals surface area (Å²) < 4.78 is 5.23. The van der Waals surface area contributed by atoms with Crippen LogP contribution in [0.2, 0.25) is 0 Å². The molecule has 1 N–H and O–H groups in total. The van der Waals surface area contributed by atoms with Crippen LogP contribution in [0.4, 0.5) is 5.69 Å². The number of halogens is 1. The molecule has 0 bridgehead atoms. The number of fused-ring (bicyclic) bond motifs is 1. The Kier molecular flexibility index (Phi) is 3.88. The van der Waals surface area contributed by atoms with Crippen LogP contribution in [0.15, 0.2) is 47.1 Å². The fourth-order valence-electron chi connectivity index (χ4n) is 2.36. The van der Waals surface area contributed by atoms with Gasteiger partial charge in [0, 0.05) is 5.69 Å². The Labute approximate surface area is 137 Å². The van der Waals surface area contributed by atoms with E-state index in [-0.39, 0.29) is 27.8 Å². The largest absolute Gasteiger partial charge is 0.495 e. The summed E-state index contributed by atoms with van der Waals surface area (Å²) >= 11 is 6.12. The number of nitrogens with one attached hydrogen (secondary N) is 1. The first kappa shape index (κ1) is 15.2. The van der Waals surface area contributed by atoms with E-state index in [4.69, 9.17) is 16.3 Å². The van der Waals surface area contributed by atoms with Gasteiger partial charge in [-0.1, -0.05) is 23.7 Å². The predicted octanol–water partition coefficient (Wildman–Crippen LogP) is 3.34. The van der Waals surface area contributed by atoms with Gasteiger partial charge in [0.15, 0.2) is 0 Å². The van der Waals surface area contributed by atoms with E-state index >= 15 is 0 Å². The first-order valence-corrected chi connectivity index (χ1v) is 7.27. The molecule has 23 heavy (non-hydrogen) atoms. The third-order valence-corrected chi connectivity index (χ3v) is 3.87. The number of nitrogens with zero attached hydrogens (tertiary/aromatic N) is 1. The van der Waals surface area contributed by atoms with Gasteiger partial charge in [0.25, 0.3) is 0 Å². The molecule has 0 saturated heterocycles. The number of benzene rings is 1. The van der Waals surface area contributed by atoms with E-state index in [9.17, 15) is 9.59 Å². The van der Waals surface area contributed by atoms with Gasteiger partial charge in [0.1, 0.15) is 22.2 Å². The number of anilines is 1. The quantitative estimate of drug-likeness (QED) is 0.936. The number of aryl methyl sites for hydroxylation is 1. The van der Waals surface area contributed by atoms with Crippen LogP contribution in [0.5, 0.6) is 5.75 Å². The van der Waals surface area contributed by atoms with Crippen molar-refractivity contribution in [2.75, 3.05) is 12.4 Å². The summed E-state index contributed by atoms with van der Waals surface area (Å²) in [7, 11) is 1.52. The van der Waals surface area contributed by atoms with Gasteiger partial charge >= 0.3 is 0 Å². The molecule has 3 rings (SSSR count). The minimum Gasteiger partial charge on any atom is -0.495 e. The summed E-state index contributed by atoms with van der Waals surface area (Å²) in [5.74, 6) is -0.303. The number of carbonyl (C=O) groups is 2. The van der Waals surface area contributed by atoms with Crippen LogP contribution >= 0.6 is 11.6 Å². The highest BCUT2D eigenvalue weighted by atomic mass is 35.5. The molecule has 2 aromatic rings. The van der Waals surface area contributed by atoms with E-state index in [1.54, 1.807) is 43.3 Å². The van der Waals surface area contributed by atoms with E-state index in [0.717, 1.165) is 0 Å². The number of aromatic nitrogens is 1. The maximum atomic E-state index is 12.7. The Morgan fingerprint density at radius 3 is 2.57 bits per heavy atom. The van der Waals surface area contributed by atoms with Crippen LogP contribution in [0, 0.1) is 6.92 Å². The molecule has 0 atom stereocenters. The number of ether oxygens (including phenoxy) is 1. The van der Waals surface area contributed by atoms with Crippen molar-refractivity contribution in [3.05, 3.63) is 64.1 Å². The molecule has 1 aliphatic carbocycles. The number of hydrogen-bond acceptors (Lipinski definition) is 5. The maximum absolute atomic E-state index is 12.7. The zero-order valence-corrected chi connectivity index (χ0v) is 13.3. The van der Waals surface area contributed by atoms with Crippen LogP contribution in [0.3, 0.4) is 0 Å². The van der Waals surface area contributed by atoms with Crippen molar-refractivity contribution in [1.82, 2.24) is 4.98 Å². The van der Waals surface area contributed by atoms with Crippen molar-refractivity contribution < 1.29 is 14.3 Å². The van der Waals surface area contributed by atoms with Crippen LogP contribution in [0.1, 0.15) is 26.5 Å². The normalized spacial score (nSPS) is 13.9. The minimum absolute atomic E-state index is 0.0271. The molecule has 1 aliphatic rings. The lowest BCUT2D eigenvalue weighted by molar-refractivity contribution is 0.0978. The lowest BCUT2D eigenvalue weighted by Gasteiger charge is -2.19. The Hall–Kier alpha value is -2.66. The van der Waals surface area contributed by atoms with E-state index < -0.39 is 5.78 Å². The summed E-state index contributed by atoms with van der Waals surface area (Å²) in [6, 6.07) is 10.3. The first-order valence-electron chi connectivity index (χ1n) is 6.89. The lowest BCUT2D eigenvalue weighted by atomic mass is 9.96. The first-order chi connectivity index (χ1) is 11.0. The number of hydrogen-bond donors (Lipinski definition) is 1. The second-order valence-corrected chi connectivity index (χ2v) is 5.40. The van der Waals surface area contributed by atoms with Gasteiger partial charge < -0.3 is 10.1 Å². The van der Waals surface area contributed by atoms with Crippen molar-refractivity contribution in [2.24, 2.45) is 0 Å². The summed E-state index contributed by atoms with van der Waals surface area (Å²) in [6.07, 6.45) is 0. The molecular formula is C17H13ClN2O3. The van der Waals surface area contributed by atoms with E-state index in [1.165, 1.54) is 7.11 Å². The highest BCUT2D eigenvalue weighted by Gasteiger charge is 2.33. The van der Waals surface area contributed by atoms with Crippen LogP contribution < -0.4 is 10.1 Å². The number of allylic oxidation sites excluding steroid dienone is 2. The molecule has 0 amide bonds. The van der Waals surface area contributed by atoms with E-state index in [0.29, 0.717) is 17.1 Å². The highest BCUT2D eigenvalue weighted by molar-refractivity contribution is 6.50. The Balaban J connectivity index is 2.06. The van der Waals surface area contributed by atoms with Crippen LogP contribution in [0.25, 0.3) is 0 Å². The molecule has 0 radical (unpaired) electrons. The summed E-state index contributed by atoms with van der Waals surface area (Å²) in [6.45, 7) is 1.75. The highest BCUT2D eigenvalue weighted by Crippen LogP contribution is 2.31. The molecule has 1 heterocycles. The SMILES string of the molecule is COc1ccccc1NC1=C(Cl)C(=O)c2nc(C)ccc2C1=O. The van der Waals surface area contributed by atoms with Gasteiger partial charge in [-0.05, 0) is 31.2 Å². The van der Waals surface area contributed by atoms with Crippen molar-refractivity contribution in [3.63, 3.8) is 0 Å². The summed E-state index contributed by atoms with van der Waals surface area (Å²) in [5.41, 5.74) is 1.55. The Bertz CT molecular complexity index is 859. The van der Waals surface area contributed by atoms with Crippen molar-refractivity contribution in [3.8, 4) is 5.75 Å². The van der Waals surface area contributed by atoms with Crippen LogP contribution in [-0.4, -0.2) is 23.7 Å². The van der Waals surface area contributed by atoms with Crippen LogP contribution in [-0.2, 0) is 0 Å². The maximum Gasteiger partial charge on any atom is 0.225 e. The number of para-hydroxylation sites is 2. The molecule has 116 valence electrons. The monoisotopic (exact) mass is 328 g/mol. The molecule has 0 aliphatic heterocycles. The number of ketones is 2. The lowest BCUT2D eigenvalue weighted by Crippen LogP contribution is -2.25. The second kappa shape index (κ2) is 5.85. The molecule has 5 nitrogen and oxygen atoms in total. The fraction of sp³-hybridized carbons (Fsp3) is 0.118. The van der Waals surface area contributed by atoms with Gasteiger partial charge in [0.05, 0.1) is 18.4 Å². The smallest absolute Gasteiger partial charge is 0.225 e. The molecule has 0 spiro atoms. The van der Waals surface area contributed by atoms with Gasteiger partial charge in [-0.3, -0.25) is 9.59 Å². The Morgan fingerprint density at radius 1 is 1.09 bits per heavy atom. The topological polar surface area (TPSA) is 68.3 Å². The third kappa shape index (κ3) is 2.59. The number of pyridine rings is 1. The van der Waals surface area contributed by atoms with Crippen molar-refractivity contribution in [2.45, 2.75) is 6.92 Å². The van der Waals surface area contributed by atoms with Gasteiger partial charge in [-0.2, -0.15) is 0 Å². The van der Waals surface area contributed by atoms with E-state index in [1.807, 2.05) is 0 Å². The average molecular weight is 329 g/mol. The summed E-state index contributed by atoms with van der Waals surface area (Å²) in [5, 5.41) is 2.74. The minimum atomic E-state index is -0.470. The molecule has 6 heteroatoms. The molecular weight excluding hydrogens is 316 g/mol. The number of carbonyl (C=O) groups excluding carboxylic acids is 2. The standard InChI is InChI=1S/C17H13ClN2O3/c1-9-7-8-10-14(19-9)17(22)13(18)15(16(10)21)20-11-5-3-4-6-12(11)23-2/h3-8,20H,1-2H3. The van der Waals surface area contributed by atoms with Gasteiger partial charge in [0.2, 0.25) is 11.6 Å². The molecule has 0 saturated carbocycles. The van der Waals surface area contributed by atoms with Gasteiger partial charge in [-0.15, -0.1) is 0 Å². The molecule has 0 fully saturated rings. The van der Waals surface area contributed by atoms with E-state index in [2.05, 4.69) is 10.3 Å².